The van der Waals surface area contributed by atoms with Crippen molar-refractivity contribution in [1.29, 1.82) is 0 Å². The molecule has 1 aromatic carbocycles. The van der Waals surface area contributed by atoms with Crippen LogP contribution in [-0.2, 0) is 4.74 Å². The van der Waals surface area contributed by atoms with Gasteiger partial charge in [-0.3, -0.25) is 9.58 Å². The van der Waals surface area contributed by atoms with E-state index < -0.39 is 0 Å². The Kier molecular flexibility index (Phi) is 6.24. The minimum atomic E-state index is 0.278. The van der Waals surface area contributed by atoms with E-state index in [4.69, 9.17) is 4.74 Å². The normalized spacial score (nSPS) is 18.4. The third kappa shape index (κ3) is 4.69. The Balaban J connectivity index is 1.67. The standard InChI is InChI=1S/C20H30N4O/c1-16(2)24-15-19(13-22-24)17(3)21-14-20(18-7-5-4-6-8-18)23-9-11-25-12-10-23/h4-8,13,15-17,20-21H,9-12,14H2,1-3H3. The lowest BCUT2D eigenvalue weighted by atomic mass is 10.0. The lowest BCUT2D eigenvalue weighted by Gasteiger charge is -2.35. The van der Waals surface area contributed by atoms with Gasteiger partial charge in [-0.25, -0.2) is 0 Å². The number of morpholine rings is 1. The van der Waals surface area contributed by atoms with Crippen LogP contribution in [0, 0.1) is 0 Å². The average Bonchev–Trinajstić information content (AvgIpc) is 3.14. The summed E-state index contributed by atoms with van der Waals surface area (Å²) in [5.41, 5.74) is 2.60. The van der Waals surface area contributed by atoms with Crippen LogP contribution in [0.5, 0.6) is 0 Å². The van der Waals surface area contributed by atoms with Gasteiger partial charge >= 0.3 is 0 Å². The Morgan fingerprint density at radius 2 is 1.80 bits per heavy atom. The van der Waals surface area contributed by atoms with E-state index in [1.807, 2.05) is 10.9 Å². The molecule has 25 heavy (non-hydrogen) atoms. The number of benzene rings is 1. The molecular weight excluding hydrogens is 312 g/mol. The highest BCUT2D eigenvalue weighted by Gasteiger charge is 2.23. The molecule has 5 nitrogen and oxygen atoms in total. The van der Waals surface area contributed by atoms with Crippen molar-refractivity contribution in [3.8, 4) is 0 Å². The Bertz CT molecular complexity index is 634. The number of rotatable bonds is 7. The van der Waals surface area contributed by atoms with Crippen LogP contribution < -0.4 is 5.32 Å². The van der Waals surface area contributed by atoms with Crippen LogP contribution in [0.15, 0.2) is 42.7 Å². The molecule has 0 spiro atoms. The van der Waals surface area contributed by atoms with Gasteiger partial charge in [0.1, 0.15) is 0 Å². The second-order valence-electron chi connectivity index (χ2n) is 7.05. The van der Waals surface area contributed by atoms with Gasteiger partial charge in [0.25, 0.3) is 0 Å². The lowest BCUT2D eigenvalue weighted by molar-refractivity contribution is 0.0157. The van der Waals surface area contributed by atoms with Crippen LogP contribution in [0.1, 0.15) is 50.0 Å². The van der Waals surface area contributed by atoms with E-state index in [0.29, 0.717) is 12.1 Å². The van der Waals surface area contributed by atoms with Gasteiger partial charge in [-0.15, -0.1) is 0 Å². The zero-order chi connectivity index (χ0) is 17.6. The molecule has 1 N–H and O–H groups in total. The minimum Gasteiger partial charge on any atom is -0.379 e. The SMILES string of the molecule is CC(NCC(c1ccccc1)N1CCOCC1)c1cnn(C(C)C)c1. The Labute approximate surface area is 151 Å². The fourth-order valence-electron chi connectivity index (χ4n) is 3.29. The van der Waals surface area contributed by atoms with Gasteiger partial charge < -0.3 is 10.1 Å². The van der Waals surface area contributed by atoms with E-state index in [2.05, 4.69) is 72.6 Å². The molecular formula is C20H30N4O. The van der Waals surface area contributed by atoms with Gasteiger partial charge in [-0.1, -0.05) is 30.3 Å². The van der Waals surface area contributed by atoms with Gasteiger partial charge in [0.05, 0.1) is 19.4 Å². The van der Waals surface area contributed by atoms with Crippen LogP contribution in [0.25, 0.3) is 0 Å². The maximum absolute atomic E-state index is 5.53. The zero-order valence-electron chi connectivity index (χ0n) is 15.6. The molecule has 0 bridgehead atoms. The molecule has 136 valence electrons. The van der Waals surface area contributed by atoms with Crippen molar-refractivity contribution < 1.29 is 4.74 Å². The van der Waals surface area contributed by atoms with Crippen LogP contribution >= 0.6 is 0 Å². The summed E-state index contributed by atoms with van der Waals surface area (Å²) < 4.78 is 7.55. The summed E-state index contributed by atoms with van der Waals surface area (Å²) in [4.78, 5) is 2.52. The summed E-state index contributed by atoms with van der Waals surface area (Å²) >= 11 is 0. The first-order valence-electron chi connectivity index (χ1n) is 9.29. The fraction of sp³-hybridized carbons (Fsp3) is 0.550. The molecule has 0 saturated carbocycles. The summed E-state index contributed by atoms with van der Waals surface area (Å²) in [6.45, 7) is 11.0. The van der Waals surface area contributed by atoms with E-state index in [0.717, 1.165) is 32.8 Å². The van der Waals surface area contributed by atoms with Crippen molar-refractivity contribution >= 4 is 0 Å². The van der Waals surface area contributed by atoms with Crippen LogP contribution in [0.4, 0.5) is 0 Å². The minimum absolute atomic E-state index is 0.278. The fourth-order valence-corrected chi connectivity index (χ4v) is 3.29. The highest BCUT2D eigenvalue weighted by atomic mass is 16.5. The van der Waals surface area contributed by atoms with Gasteiger partial charge in [0.15, 0.2) is 0 Å². The third-order valence-electron chi connectivity index (χ3n) is 4.94. The Morgan fingerprint density at radius 1 is 1.08 bits per heavy atom. The molecule has 0 aliphatic carbocycles. The van der Waals surface area contributed by atoms with Crippen molar-refractivity contribution in [3.05, 3.63) is 53.9 Å². The molecule has 2 heterocycles. The summed E-state index contributed by atoms with van der Waals surface area (Å²) in [5.74, 6) is 0. The first kappa shape index (κ1) is 18.1. The van der Waals surface area contributed by atoms with Crippen LogP contribution in [-0.4, -0.2) is 47.5 Å². The predicted octanol–water partition coefficient (Wildman–Crippen LogP) is 3.19. The lowest BCUT2D eigenvalue weighted by Crippen LogP contribution is -2.43. The molecule has 2 unspecified atom stereocenters. The van der Waals surface area contributed by atoms with Crippen molar-refractivity contribution in [2.75, 3.05) is 32.8 Å². The van der Waals surface area contributed by atoms with Crippen molar-refractivity contribution in [1.82, 2.24) is 20.0 Å². The molecule has 3 rings (SSSR count). The topological polar surface area (TPSA) is 42.3 Å². The maximum atomic E-state index is 5.53. The summed E-state index contributed by atoms with van der Waals surface area (Å²) in [6.07, 6.45) is 4.12. The van der Waals surface area contributed by atoms with Gasteiger partial charge in [-0.2, -0.15) is 5.10 Å². The smallest absolute Gasteiger partial charge is 0.0594 e. The molecule has 1 aliphatic heterocycles. The monoisotopic (exact) mass is 342 g/mol. The number of nitrogens with one attached hydrogen (secondary N) is 1. The predicted molar refractivity (Wildman–Crippen MR) is 101 cm³/mol. The van der Waals surface area contributed by atoms with Crippen LogP contribution in [0.3, 0.4) is 0 Å². The van der Waals surface area contributed by atoms with E-state index in [9.17, 15) is 0 Å². The van der Waals surface area contributed by atoms with E-state index in [1.54, 1.807) is 0 Å². The Morgan fingerprint density at radius 3 is 2.44 bits per heavy atom. The van der Waals surface area contributed by atoms with Gasteiger partial charge in [0, 0.05) is 49.5 Å². The number of nitrogens with zero attached hydrogens (tertiary/aromatic N) is 3. The highest BCUT2D eigenvalue weighted by Crippen LogP contribution is 2.22. The van der Waals surface area contributed by atoms with Crippen LogP contribution in [0.2, 0.25) is 0 Å². The van der Waals surface area contributed by atoms with Crippen molar-refractivity contribution in [2.24, 2.45) is 0 Å². The Hall–Kier alpha value is -1.69. The second kappa shape index (κ2) is 8.61. The molecule has 2 aromatic rings. The number of ether oxygens (including phenoxy) is 1. The molecule has 1 aromatic heterocycles. The quantitative estimate of drug-likeness (QED) is 0.839. The molecule has 1 saturated heterocycles. The molecule has 0 radical (unpaired) electrons. The zero-order valence-corrected chi connectivity index (χ0v) is 15.6. The molecule has 1 fully saturated rings. The average molecular weight is 342 g/mol. The van der Waals surface area contributed by atoms with Gasteiger partial charge in [-0.05, 0) is 26.3 Å². The van der Waals surface area contributed by atoms with E-state index >= 15 is 0 Å². The third-order valence-corrected chi connectivity index (χ3v) is 4.94. The second-order valence-corrected chi connectivity index (χ2v) is 7.05. The number of hydrogen-bond donors (Lipinski definition) is 1. The summed E-state index contributed by atoms with van der Waals surface area (Å²) in [5, 5.41) is 8.17. The first-order valence-corrected chi connectivity index (χ1v) is 9.29. The van der Waals surface area contributed by atoms with Crippen molar-refractivity contribution in [3.63, 3.8) is 0 Å². The molecule has 0 amide bonds. The number of aromatic nitrogens is 2. The van der Waals surface area contributed by atoms with Crippen molar-refractivity contribution in [2.45, 2.75) is 38.9 Å². The first-order chi connectivity index (χ1) is 12.1. The molecule has 5 heteroatoms. The largest absolute Gasteiger partial charge is 0.379 e. The van der Waals surface area contributed by atoms with E-state index in [1.165, 1.54) is 11.1 Å². The molecule has 2 atom stereocenters. The maximum Gasteiger partial charge on any atom is 0.0594 e. The molecule has 1 aliphatic rings. The highest BCUT2D eigenvalue weighted by molar-refractivity contribution is 5.20. The van der Waals surface area contributed by atoms with Gasteiger partial charge in [0.2, 0.25) is 0 Å². The van der Waals surface area contributed by atoms with E-state index in [-0.39, 0.29) is 6.04 Å². The number of hydrogen-bond acceptors (Lipinski definition) is 4. The summed E-state index contributed by atoms with van der Waals surface area (Å²) in [6, 6.07) is 11.8. The summed E-state index contributed by atoms with van der Waals surface area (Å²) in [7, 11) is 0.